The van der Waals surface area contributed by atoms with Crippen molar-refractivity contribution in [3.63, 3.8) is 0 Å². The number of nitrogens with one attached hydrogen (secondary N) is 2. The Kier molecular flexibility index (Phi) is 7.55. The second-order valence-electron chi connectivity index (χ2n) is 7.22. The van der Waals surface area contributed by atoms with Crippen LogP contribution in [0.2, 0.25) is 0 Å². The van der Waals surface area contributed by atoms with Crippen LogP contribution in [0.4, 0.5) is 4.39 Å². The van der Waals surface area contributed by atoms with E-state index in [1.807, 2.05) is 44.2 Å². The van der Waals surface area contributed by atoms with Gasteiger partial charge in [0.25, 0.3) is 0 Å². The summed E-state index contributed by atoms with van der Waals surface area (Å²) in [6.45, 7) is 3.86. The van der Waals surface area contributed by atoms with E-state index in [1.165, 1.54) is 18.2 Å². The Morgan fingerprint density at radius 3 is 2.47 bits per heavy atom. The van der Waals surface area contributed by atoms with Gasteiger partial charge < -0.3 is 5.32 Å². The van der Waals surface area contributed by atoms with E-state index < -0.39 is 15.9 Å². The van der Waals surface area contributed by atoms with Crippen molar-refractivity contribution in [1.29, 1.82) is 0 Å². The van der Waals surface area contributed by atoms with Gasteiger partial charge in [0.2, 0.25) is 15.9 Å². The number of carbonyl (C=O) groups excluding carboxylic acids is 1. The van der Waals surface area contributed by atoms with Crippen LogP contribution in [0.5, 0.6) is 0 Å². The van der Waals surface area contributed by atoms with Crippen molar-refractivity contribution < 1.29 is 17.6 Å². The second-order valence-corrected chi connectivity index (χ2v) is 9.15. The number of carbonyl (C=O) groups is 1. The lowest BCUT2D eigenvalue weighted by atomic mass is 10.2. The molecular formula is C23H25FN4O3S. The number of rotatable bonds is 9. The van der Waals surface area contributed by atoms with E-state index in [9.17, 15) is 17.6 Å². The summed E-state index contributed by atoms with van der Waals surface area (Å²) in [5.74, 6) is -0.957. The fourth-order valence-electron chi connectivity index (χ4n) is 3.12. The van der Waals surface area contributed by atoms with Gasteiger partial charge >= 0.3 is 0 Å². The summed E-state index contributed by atoms with van der Waals surface area (Å²) in [5.41, 5.74) is 3.84. The fourth-order valence-corrected chi connectivity index (χ4v) is 4.02. The van der Waals surface area contributed by atoms with Crippen LogP contribution in [0.3, 0.4) is 0 Å². The van der Waals surface area contributed by atoms with Gasteiger partial charge in [-0.25, -0.2) is 22.2 Å². The van der Waals surface area contributed by atoms with Crippen molar-refractivity contribution in [1.82, 2.24) is 19.8 Å². The molecule has 0 saturated carbocycles. The van der Waals surface area contributed by atoms with Crippen LogP contribution in [0.1, 0.15) is 22.5 Å². The minimum absolute atomic E-state index is 0.0138. The molecule has 0 spiro atoms. The highest BCUT2D eigenvalue weighted by Gasteiger charge is 2.12. The summed E-state index contributed by atoms with van der Waals surface area (Å²) in [4.78, 5) is 12.1. The zero-order valence-corrected chi connectivity index (χ0v) is 18.7. The van der Waals surface area contributed by atoms with Gasteiger partial charge in [-0.05, 0) is 49.8 Å². The predicted molar refractivity (Wildman–Crippen MR) is 122 cm³/mol. The van der Waals surface area contributed by atoms with Crippen molar-refractivity contribution >= 4 is 22.0 Å². The molecule has 0 unspecified atom stereocenters. The zero-order chi connectivity index (χ0) is 23.1. The maximum atomic E-state index is 13.2. The molecule has 0 aliphatic rings. The molecule has 3 aromatic rings. The van der Waals surface area contributed by atoms with Crippen molar-refractivity contribution in [3.8, 4) is 5.69 Å². The van der Waals surface area contributed by atoms with Crippen LogP contribution < -0.4 is 10.0 Å². The summed E-state index contributed by atoms with van der Waals surface area (Å²) < 4.78 is 41.6. The Morgan fingerprint density at radius 2 is 1.78 bits per heavy atom. The van der Waals surface area contributed by atoms with Gasteiger partial charge in [0, 0.05) is 30.4 Å². The monoisotopic (exact) mass is 456 g/mol. The molecule has 32 heavy (non-hydrogen) atoms. The van der Waals surface area contributed by atoms with E-state index >= 15 is 0 Å². The minimum Gasteiger partial charge on any atom is -0.351 e. The molecular weight excluding hydrogens is 431 g/mol. The number of hydrogen-bond donors (Lipinski definition) is 2. The molecule has 2 aromatic carbocycles. The van der Waals surface area contributed by atoms with Crippen LogP contribution in [0.15, 0.2) is 60.7 Å². The van der Waals surface area contributed by atoms with Crippen LogP contribution in [0.25, 0.3) is 11.8 Å². The highest BCUT2D eigenvalue weighted by molar-refractivity contribution is 7.89. The molecule has 7 nitrogen and oxygen atoms in total. The molecule has 1 amide bonds. The summed E-state index contributed by atoms with van der Waals surface area (Å²) in [7, 11) is -3.52. The van der Waals surface area contributed by atoms with Gasteiger partial charge in [0.15, 0.2) is 0 Å². The molecule has 0 radical (unpaired) electrons. The number of aromatic nitrogens is 2. The lowest BCUT2D eigenvalue weighted by molar-refractivity contribution is -0.116. The minimum atomic E-state index is -3.52. The molecule has 0 aliphatic heterocycles. The van der Waals surface area contributed by atoms with Gasteiger partial charge in [-0.1, -0.05) is 30.3 Å². The van der Waals surface area contributed by atoms with E-state index in [4.69, 9.17) is 0 Å². The van der Waals surface area contributed by atoms with Crippen LogP contribution in [0, 0.1) is 19.7 Å². The number of sulfonamides is 1. The van der Waals surface area contributed by atoms with Crippen molar-refractivity contribution in [3.05, 3.63) is 89.0 Å². The molecule has 3 rings (SSSR count). The molecule has 2 N–H and O–H groups in total. The topological polar surface area (TPSA) is 93.1 Å². The Bertz CT molecular complexity index is 1200. The van der Waals surface area contributed by atoms with Crippen molar-refractivity contribution in [2.75, 3.05) is 12.3 Å². The molecule has 0 bridgehead atoms. The first kappa shape index (κ1) is 23.4. The average molecular weight is 457 g/mol. The molecule has 9 heteroatoms. The molecule has 0 atom stereocenters. The standard InChI is InChI=1S/C23H25FN4O3S/c1-17-22(18(2)28(27-17)21-10-8-20(24)9-11-21)12-13-23(29)25-14-15-32(30,31)26-16-19-6-4-3-5-7-19/h3-13,26H,14-16H2,1-2H3,(H,25,29)/b13-12+. The summed E-state index contributed by atoms with van der Waals surface area (Å²) >= 11 is 0. The first-order valence-corrected chi connectivity index (χ1v) is 11.7. The Hall–Kier alpha value is -3.30. The molecule has 0 aliphatic carbocycles. The van der Waals surface area contributed by atoms with Crippen LogP contribution in [-0.2, 0) is 21.4 Å². The first-order valence-electron chi connectivity index (χ1n) is 10.0. The smallest absolute Gasteiger partial charge is 0.244 e. The quantitative estimate of drug-likeness (QED) is 0.484. The lowest BCUT2D eigenvalue weighted by Gasteiger charge is -2.07. The van der Waals surface area contributed by atoms with Gasteiger partial charge in [-0.3, -0.25) is 4.79 Å². The third-order valence-corrected chi connectivity index (χ3v) is 6.15. The Labute approximate surface area is 187 Å². The average Bonchev–Trinajstić information content (AvgIpc) is 3.05. The number of aryl methyl sites for hydroxylation is 1. The van der Waals surface area contributed by atoms with Crippen LogP contribution in [-0.4, -0.2) is 36.4 Å². The lowest BCUT2D eigenvalue weighted by Crippen LogP contribution is -2.33. The largest absolute Gasteiger partial charge is 0.351 e. The second kappa shape index (κ2) is 10.3. The molecule has 1 aromatic heterocycles. The van der Waals surface area contributed by atoms with E-state index in [0.717, 1.165) is 16.8 Å². The van der Waals surface area contributed by atoms with E-state index in [1.54, 1.807) is 22.9 Å². The number of halogens is 1. The number of benzene rings is 2. The van der Waals surface area contributed by atoms with Gasteiger partial charge in [-0.15, -0.1) is 0 Å². The van der Waals surface area contributed by atoms with Crippen molar-refractivity contribution in [2.24, 2.45) is 0 Å². The third kappa shape index (κ3) is 6.35. The summed E-state index contributed by atoms with van der Waals surface area (Å²) in [6.07, 6.45) is 2.98. The fraction of sp³-hybridized carbons (Fsp3) is 0.217. The SMILES string of the molecule is Cc1nn(-c2ccc(F)cc2)c(C)c1/C=C/C(=O)NCCS(=O)(=O)NCc1ccccc1. The van der Waals surface area contributed by atoms with Gasteiger partial charge in [0.1, 0.15) is 5.82 Å². The molecule has 168 valence electrons. The maximum Gasteiger partial charge on any atom is 0.244 e. The maximum absolute atomic E-state index is 13.2. The van der Waals surface area contributed by atoms with E-state index in [2.05, 4.69) is 15.1 Å². The third-order valence-electron chi connectivity index (χ3n) is 4.83. The van der Waals surface area contributed by atoms with Gasteiger partial charge in [0.05, 0.1) is 17.1 Å². The highest BCUT2D eigenvalue weighted by atomic mass is 32.2. The normalized spacial score (nSPS) is 11.7. The van der Waals surface area contributed by atoms with E-state index in [0.29, 0.717) is 11.4 Å². The van der Waals surface area contributed by atoms with Crippen LogP contribution >= 0.6 is 0 Å². The summed E-state index contributed by atoms with van der Waals surface area (Å²) in [6, 6.07) is 15.2. The number of hydrogen-bond acceptors (Lipinski definition) is 4. The molecule has 0 saturated heterocycles. The highest BCUT2D eigenvalue weighted by Crippen LogP contribution is 2.19. The summed E-state index contributed by atoms with van der Waals surface area (Å²) in [5, 5.41) is 7.03. The Morgan fingerprint density at radius 1 is 1.09 bits per heavy atom. The predicted octanol–water partition coefficient (Wildman–Crippen LogP) is 2.88. The van der Waals surface area contributed by atoms with Gasteiger partial charge in [-0.2, -0.15) is 5.10 Å². The molecule has 1 heterocycles. The number of amides is 1. The van der Waals surface area contributed by atoms with E-state index in [-0.39, 0.29) is 24.7 Å². The van der Waals surface area contributed by atoms with Crippen molar-refractivity contribution in [2.45, 2.75) is 20.4 Å². The first-order chi connectivity index (χ1) is 15.2. The molecule has 0 fully saturated rings. The Balaban J connectivity index is 1.54. The number of nitrogens with zero attached hydrogens (tertiary/aromatic N) is 2. The zero-order valence-electron chi connectivity index (χ0n) is 17.9.